The highest BCUT2D eigenvalue weighted by Crippen LogP contribution is 2.06. The van der Waals surface area contributed by atoms with Crippen LogP contribution in [0, 0.1) is 6.92 Å². The molecule has 1 N–H and O–H groups in total. The van der Waals surface area contributed by atoms with Crippen molar-refractivity contribution < 1.29 is 4.42 Å². The first-order valence-electron chi connectivity index (χ1n) is 6.42. The Morgan fingerprint density at radius 3 is 2.43 bits per heavy atom. The Labute approximate surface area is 119 Å². The van der Waals surface area contributed by atoms with Crippen LogP contribution in [0.3, 0.4) is 0 Å². The van der Waals surface area contributed by atoms with Gasteiger partial charge < -0.3 is 9.40 Å². The summed E-state index contributed by atoms with van der Waals surface area (Å²) in [6, 6.07) is 13.6. The van der Waals surface area contributed by atoms with Gasteiger partial charge in [-0.3, -0.25) is 4.79 Å². The smallest absolute Gasteiger partial charge is 0.346 e. The molecule has 1 heterocycles. The monoisotopic (exact) mass is 280 g/mol. The van der Waals surface area contributed by atoms with Gasteiger partial charge in [0.15, 0.2) is 5.89 Å². The molecule has 0 amide bonds. The summed E-state index contributed by atoms with van der Waals surface area (Å²) in [6.07, 6.45) is 0. The van der Waals surface area contributed by atoms with Crippen molar-refractivity contribution in [2.24, 2.45) is 0 Å². The highest BCUT2D eigenvalue weighted by atomic mass is 16.4. The highest BCUT2D eigenvalue weighted by molar-refractivity contribution is 5.79. The van der Waals surface area contributed by atoms with Gasteiger partial charge in [-0.15, -0.1) is 0 Å². The molecule has 0 unspecified atom stereocenters. The Morgan fingerprint density at radius 1 is 0.952 bits per heavy atom. The standard InChI is InChI=1S/C16H12N2O3/c1-10-17-13-8-4-2-6-11(13)15(19)18-14-9-5-3-7-12(14)16(20)21-10/h2-9H,1H3,(H,18,19). The molecule has 0 aliphatic heterocycles. The molecule has 3 rings (SSSR count). The van der Waals surface area contributed by atoms with Gasteiger partial charge >= 0.3 is 5.63 Å². The Balaban J connectivity index is 2.66. The van der Waals surface area contributed by atoms with E-state index in [0.29, 0.717) is 21.8 Å². The number of hydrogen-bond donors (Lipinski definition) is 1. The molecule has 0 bridgehead atoms. The van der Waals surface area contributed by atoms with Crippen molar-refractivity contribution in [3.8, 4) is 0 Å². The normalized spacial score (nSPS) is 10.5. The van der Waals surface area contributed by atoms with Gasteiger partial charge in [0.2, 0.25) is 0 Å². The van der Waals surface area contributed by atoms with Gasteiger partial charge in [-0.1, -0.05) is 24.3 Å². The molecule has 5 heteroatoms. The number of hydrogen-bond acceptors (Lipinski definition) is 4. The molecule has 0 aliphatic rings. The molecular formula is C16H12N2O3. The van der Waals surface area contributed by atoms with Gasteiger partial charge in [-0.2, -0.15) is 0 Å². The van der Waals surface area contributed by atoms with Gasteiger partial charge in [-0.25, -0.2) is 9.78 Å². The summed E-state index contributed by atoms with van der Waals surface area (Å²) >= 11 is 0. The van der Waals surface area contributed by atoms with E-state index in [1.807, 2.05) is 0 Å². The summed E-state index contributed by atoms with van der Waals surface area (Å²) in [5.41, 5.74) is 0.00696. The van der Waals surface area contributed by atoms with Gasteiger partial charge in [-0.05, 0) is 24.3 Å². The molecule has 0 aliphatic carbocycles. The minimum absolute atomic E-state index is 0.192. The Bertz CT molecular complexity index is 1000. The number of aromatic amines is 1. The molecule has 0 saturated heterocycles. The molecule has 104 valence electrons. The van der Waals surface area contributed by atoms with Crippen LogP contribution in [0.2, 0.25) is 0 Å². The van der Waals surface area contributed by atoms with Crippen LogP contribution in [0.5, 0.6) is 0 Å². The molecule has 3 aromatic rings. The maximum Gasteiger partial charge on any atom is 0.346 e. The molecule has 0 spiro atoms. The van der Waals surface area contributed by atoms with Crippen molar-refractivity contribution in [2.45, 2.75) is 6.92 Å². The van der Waals surface area contributed by atoms with Crippen LogP contribution >= 0.6 is 0 Å². The average molecular weight is 280 g/mol. The van der Waals surface area contributed by atoms with Gasteiger partial charge in [0, 0.05) is 6.92 Å². The predicted molar refractivity (Wildman–Crippen MR) is 80.8 cm³/mol. The third-order valence-corrected chi connectivity index (χ3v) is 3.06. The fourth-order valence-electron chi connectivity index (χ4n) is 2.10. The second kappa shape index (κ2) is 5.20. The molecule has 5 nitrogen and oxygen atoms in total. The number of H-pyrrole nitrogens is 1. The van der Waals surface area contributed by atoms with Crippen molar-refractivity contribution in [2.75, 3.05) is 0 Å². The Morgan fingerprint density at radius 2 is 1.62 bits per heavy atom. The molecule has 0 atom stereocenters. The number of aryl methyl sites for hydroxylation is 1. The van der Waals surface area contributed by atoms with E-state index in [1.54, 1.807) is 55.5 Å². The van der Waals surface area contributed by atoms with Gasteiger partial charge in [0.1, 0.15) is 0 Å². The quantitative estimate of drug-likeness (QED) is 0.686. The average Bonchev–Trinajstić information content (AvgIpc) is 2.47. The zero-order valence-corrected chi connectivity index (χ0v) is 11.3. The van der Waals surface area contributed by atoms with Crippen LogP contribution in [0.4, 0.5) is 0 Å². The Hall–Kier alpha value is -2.95. The van der Waals surface area contributed by atoms with Crippen LogP contribution in [0.1, 0.15) is 5.89 Å². The molecule has 0 radical (unpaired) electrons. The van der Waals surface area contributed by atoms with Crippen LogP contribution in [-0.4, -0.2) is 9.97 Å². The fraction of sp³-hybridized carbons (Fsp3) is 0.0625. The summed E-state index contributed by atoms with van der Waals surface area (Å²) in [7, 11) is 0. The third kappa shape index (κ3) is 2.53. The lowest BCUT2D eigenvalue weighted by molar-refractivity contribution is 0.471. The summed E-state index contributed by atoms with van der Waals surface area (Å²) in [5, 5.41) is 0.712. The minimum Gasteiger partial charge on any atom is -0.408 e. The lowest BCUT2D eigenvalue weighted by Gasteiger charge is -1.95. The van der Waals surface area contributed by atoms with Crippen molar-refractivity contribution in [1.82, 2.24) is 9.97 Å². The summed E-state index contributed by atoms with van der Waals surface area (Å²) in [5.74, 6) is 0.192. The molecule has 0 fully saturated rings. The van der Waals surface area contributed by atoms with Gasteiger partial charge in [0.25, 0.3) is 5.56 Å². The van der Waals surface area contributed by atoms with E-state index in [2.05, 4.69) is 9.97 Å². The van der Waals surface area contributed by atoms with E-state index >= 15 is 0 Å². The first-order chi connectivity index (χ1) is 10.1. The van der Waals surface area contributed by atoms with E-state index in [1.165, 1.54) is 0 Å². The summed E-state index contributed by atoms with van der Waals surface area (Å²) in [6.45, 7) is 1.58. The summed E-state index contributed by atoms with van der Waals surface area (Å²) in [4.78, 5) is 31.4. The number of aromatic nitrogens is 2. The number of nitrogens with one attached hydrogen (secondary N) is 1. The minimum atomic E-state index is -0.550. The lowest BCUT2D eigenvalue weighted by Crippen LogP contribution is -2.06. The van der Waals surface area contributed by atoms with Crippen LogP contribution in [0.15, 0.2) is 62.5 Å². The van der Waals surface area contributed by atoms with Gasteiger partial charge in [0.05, 0.1) is 21.8 Å². The van der Waals surface area contributed by atoms with E-state index in [-0.39, 0.29) is 11.4 Å². The molecule has 21 heavy (non-hydrogen) atoms. The van der Waals surface area contributed by atoms with Crippen LogP contribution < -0.4 is 11.2 Å². The SMILES string of the molecule is Cc1nc2ccccc2c(=O)[nH]c2ccccc2c(=O)o1. The largest absolute Gasteiger partial charge is 0.408 e. The zero-order valence-electron chi connectivity index (χ0n) is 11.3. The summed E-state index contributed by atoms with van der Waals surface area (Å²) < 4.78 is 5.21. The first-order valence-corrected chi connectivity index (χ1v) is 6.42. The number of benzene rings is 2. The molecule has 1 aromatic heterocycles. The number of nitrogens with zero attached hydrogens (tertiary/aromatic N) is 1. The molecular weight excluding hydrogens is 268 g/mol. The maximum atomic E-state index is 12.4. The third-order valence-electron chi connectivity index (χ3n) is 3.06. The lowest BCUT2D eigenvalue weighted by atomic mass is 10.2. The zero-order chi connectivity index (χ0) is 14.8. The van der Waals surface area contributed by atoms with Crippen molar-refractivity contribution in [1.29, 1.82) is 0 Å². The second-order valence-electron chi connectivity index (χ2n) is 4.54. The highest BCUT2D eigenvalue weighted by Gasteiger charge is 2.00. The second-order valence-corrected chi connectivity index (χ2v) is 4.54. The maximum absolute atomic E-state index is 12.4. The van der Waals surface area contributed by atoms with Crippen molar-refractivity contribution in [3.05, 3.63) is 75.2 Å². The van der Waals surface area contributed by atoms with Crippen LogP contribution in [0.25, 0.3) is 21.8 Å². The number of para-hydroxylation sites is 2. The van der Waals surface area contributed by atoms with Crippen molar-refractivity contribution >= 4 is 21.8 Å². The van der Waals surface area contributed by atoms with Crippen molar-refractivity contribution in [3.63, 3.8) is 0 Å². The van der Waals surface area contributed by atoms with E-state index in [0.717, 1.165) is 0 Å². The topological polar surface area (TPSA) is 76.0 Å². The molecule has 0 saturated carbocycles. The predicted octanol–water partition coefficient (Wildman–Crippen LogP) is 2.46. The first kappa shape index (κ1) is 13.1. The van der Waals surface area contributed by atoms with E-state index in [9.17, 15) is 9.59 Å². The molecule has 2 aromatic carbocycles. The Kier molecular flexibility index (Phi) is 3.23. The fourth-order valence-corrected chi connectivity index (χ4v) is 2.10. The number of rotatable bonds is 0. The number of fused-ring (bicyclic) bond motifs is 2. The van der Waals surface area contributed by atoms with E-state index < -0.39 is 5.63 Å². The van der Waals surface area contributed by atoms with E-state index in [4.69, 9.17) is 4.42 Å². The van der Waals surface area contributed by atoms with Crippen LogP contribution in [-0.2, 0) is 0 Å².